The molecule has 0 spiro atoms. The second kappa shape index (κ2) is 9.97. The van der Waals surface area contributed by atoms with E-state index >= 15 is 0 Å². The molecule has 0 fully saturated rings. The summed E-state index contributed by atoms with van der Waals surface area (Å²) < 4.78 is 4.97. The summed E-state index contributed by atoms with van der Waals surface area (Å²) in [6.45, 7) is 7.93. The lowest BCUT2D eigenvalue weighted by molar-refractivity contribution is -0.384. The molecule has 1 aromatic heterocycles. The molecule has 0 unspecified atom stereocenters. The highest BCUT2D eigenvalue weighted by atomic mass is 32.1. The summed E-state index contributed by atoms with van der Waals surface area (Å²) in [5.41, 5.74) is 1.48. The quantitative estimate of drug-likeness (QED) is 0.358. The molecular weight excluding hydrogens is 396 g/mol. The smallest absolute Gasteiger partial charge is 0.358 e. The first-order chi connectivity index (χ1) is 13.7. The van der Waals surface area contributed by atoms with Crippen molar-refractivity contribution in [3.8, 4) is 0 Å². The Labute approximate surface area is 172 Å². The van der Waals surface area contributed by atoms with E-state index < -0.39 is 23.4 Å². The summed E-state index contributed by atoms with van der Waals surface area (Å²) in [6.07, 6.45) is 0.976. The Kier molecular flexibility index (Phi) is 7.66. The summed E-state index contributed by atoms with van der Waals surface area (Å²) in [4.78, 5) is 38.9. The summed E-state index contributed by atoms with van der Waals surface area (Å²) in [6, 6.07) is 2.91. The van der Waals surface area contributed by atoms with Crippen molar-refractivity contribution in [2.45, 2.75) is 34.1 Å². The maximum absolute atomic E-state index is 12.1. The maximum Gasteiger partial charge on any atom is 0.358 e. The lowest BCUT2D eigenvalue weighted by Crippen LogP contribution is -2.21. The van der Waals surface area contributed by atoms with Crippen LogP contribution in [0.1, 0.15) is 41.9 Å². The van der Waals surface area contributed by atoms with Crippen LogP contribution >= 0.6 is 11.3 Å². The number of benzene rings is 1. The van der Waals surface area contributed by atoms with Crippen molar-refractivity contribution < 1.29 is 19.2 Å². The third-order valence-corrected chi connectivity index (χ3v) is 4.93. The van der Waals surface area contributed by atoms with Crippen LogP contribution in [0.25, 0.3) is 0 Å². The first-order valence-electron chi connectivity index (χ1n) is 9.09. The van der Waals surface area contributed by atoms with E-state index in [4.69, 9.17) is 4.74 Å². The van der Waals surface area contributed by atoms with Gasteiger partial charge >= 0.3 is 5.97 Å². The van der Waals surface area contributed by atoms with Crippen LogP contribution in [0.2, 0.25) is 0 Å². The number of carbonyl (C=O) groups is 2. The van der Waals surface area contributed by atoms with E-state index in [1.807, 2.05) is 0 Å². The zero-order valence-corrected chi connectivity index (χ0v) is 17.6. The van der Waals surface area contributed by atoms with Gasteiger partial charge in [-0.1, -0.05) is 13.8 Å². The van der Waals surface area contributed by atoms with Gasteiger partial charge in [0.15, 0.2) is 17.4 Å². The molecule has 10 heteroatoms. The van der Waals surface area contributed by atoms with E-state index in [1.54, 1.807) is 19.2 Å². The average molecular weight is 420 g/mol. The van der Waals surface area contributed by atoms with Gasteiger partial charge in [0.2, 0.25) is 0 Å². The standard InChI is InChI=1S/C19H24N4O5S/c1-11(2)5-6-20-19-22-15(10-29-19)18(25)28-9-17(24)21-14-7-12(3)13(4)8-16(14)23(26)27/h7-8,10-11H,5-6,9H2,1-4H3,(H,20,22)(H,21,24). The molecule has 29 heavy (non-hydrogen) atoms. The van der Waals surface area contributed by atoms with E-state index in [9.17, 15) is 19.7 Å². The van der Waals surface area contributed by atoms with Crippen molar-refractivity contribution in [2.24, 2.45) is 5.92 Å². The Balaban J connectivity index is 1.91. The van der Waals surface area contributed by atoms with Gasteiger partial charge in [-0.15, -0.1) is 11.3 Å². The number of hydrogen-bond acceptors (Lipinski definition) is 8. The number of hydrogen-bond donors (Lipinski definition) is 2. The number of anilines is 2. The Bertz CT molecular complexity index is 910. The second-order valence-corrected chi connectivity index (χ2v) is 7.84. The first-order valence-corrected chi connectivity index (χ1v) is 9.97. The number of esters is 1. The number of aromatic nitrogens is 1. The number of carbonyl (C=O) groups excluding carboxylic acids is 2. The normalized spacial score (nSPS) is 10.7. The van der Waals surface area contributed by atoms with Crippen molar-refractivity contribution >= 4 is 39.7 Å². The Morgan fingerprint density at radius 3 is 2.62 bits per heavy atom. The van der Waals surface area contributed by atoms with Crippen molar-refractivity contribution in [1.29, 1.82) is 0 Å². The molecule has 0 aliphatic carbocycles. The summed E-state index contributed by atoms with van der Waals surface area (Å²) in [5.74, 6) is -0.850. The molecule has 0 aliphatic rings. The maximum atomic E-state index is 12.1. The minimum Gasteiger partial charge on any atom is -0.451 e. The monoisotopic (exact) mass is 420 g/mol. The third kappa shape index (κ3) is 6.53. The van der Waals surface area contributed by atoms with Crippen LogP contribution in [0.5, 0.6) is 0 Å². The van der Waals surface area contributed by atoms with Gasteiger partial charge in [-0.3, -0.25) is 14.9 Å². The summed E-state index contributed by atoms with van der Waals surface area (Å²) in [5, 5.41) is 18.9. The first kappa shape index (κ1) is 22.3. The highest BCUT2D eigenvalue weighted by molar-refractivity contribution is 7.13. The molecule has 1 aromatic carbocycles. The number of nitro groups is 1. The van der Waals surface area contributed by atoms with Crippen molar-refractivity contribution in [3.63, 3.8) is 0 Å². The van der Waals surface area contributed by atoms with Crippen LogP contribution in [-0.2, 0) is 9.53 Å². The number of nitrogens with zero attached hydrogens (tertiary/aromatic N) is 2. The zero-order valence-electron chi connectivity index (χ0n) is 16.8. The van der Waals surface area contributed by atoms with E-state index in [1.165, 1.54) is 23.5 Å². The molecule has 2 rings (SSSR count). The van der Waals surface area contributed by atoms with Gasteiger partial charge in [-0.05, 0) is 43.4 Å². The number of rotatable bonds is 9. The van der Waals surface area contributed by atoms with Gasteiger partial charge < -0.3 is 15.4 Å². The van der Waals surface area contributed by atoms with Crippen molar-refractivity contribution in [1.82, 2.24) is 4.98 Å². The number of nitro benzene ring substituents is 1. The largest absolute Gasteiger partial charge is 0.451 e. The number of aryl methyl sites for hydroxylation is 2. The fourth-order valence-electron chi connectivity index (χ4n) is 2.36. The van der Waals surface area contributed by atoms with E-state index in [0.29, 0.717) is 11.0 Å². The molecule has 1 heterocycles. The molecule has 2 N–H and O–H groups in total. The minimum atomic E-state index is -0.733. The highest BCUT2D eigenvalue weighted by Gasteiger charge is 2.19. The van der Waals surface area contributed by atoms with Crippen LogP contribution < -0.4 is 10.6 Å². The Morgan fingerprint density at radius 2 is 1.97 bits per heavy atom. The van der Waals surface area contributed by atoms with Gasteiger partial charge in [0.25, 0.3) is 11.6 Å². The lowest BCUT2D eigenvalue weighted by Gasteiger charge is -2.09. The molecule has 0 aliphatic heterocycles. The van der Waals surface area contributed by atoms with Gasteiger partial charge in [-0.25, -0.2) is 9.78 Å². The molecule has 1 amide bonds. The zero-order chi connectivity index (χ0) is 21.6. The Hall–Kier alpha value is -3.01. The molecule has 0 saturated carbocycles. The third-order valence-electron chi connectivity index (χ3n) is 4.13. The molecule has 0 saturated heterocycles. The average Bonchev–Trinajstić information content (AvgIpc) is 3.11. The number of ether oxygens (including phenoxy) is 1. The van der Waals surface area contributed by atoms with E-state index in [2.05, 4.69) is 29.5 Å². The molecule has 156 valence electrons. The van der Waals surface area contributed by atoms with Gasteiger partial charge in [0, 0.05) is 18.0 Å². The second-order valence-electron chi connectivity index (χ2n) is 6.98. The van der Waals surface area contributed by atoms with Crippen LogP contribution in [0.3, 0.4) is 0 Å². The number of thiazole rings is 1. The van der Waals surface area contributed by atoms with Crippen molar-refractivity contribution in [2.75, 3.05) is 23.8 Å². The van der Waals surface area contributed by atoms with Gasteiger partial charge in [0.1, 0.15) is 5.69 Å². The predicted octanol–water partition coefficient (Wildman–Crippen LogP) is 3.92. The van der Waals surface area contributed by atoms with Crippen LogP contribution in [0, 0.1) is 29.9 Å². The number of nitrogens with one attached hydrogen (secondary N) is 2. The predicted molar refractivity (Wildman–Crippen MR) is 112 cm³/mol. The summed E-state index contributed by atoms with van der Waals surface area (Å²) in [7, 11) is 0. The van der Waals surface area contributed by atoms with Crippen molar-refractivity contribution in [3.05, 3.63) is 44.4 Å². The SMILES string of the molecule is Cc1cc(NC(=O)COC(=O)c2csc(NCCC(C)C)n2)c([N+](=O)[O-])cc1C. The van der Waals surface area contributed by atoms with E-state index in [-0.39, 0.29) is 17.1 Å². The number of amides is 1. The molecule has 0 atom stereocenters. The van der Waals surface area contributed by atoms with E-state index in [0.717, 1.165) is 24.1 Å². The fraction of sp³-hybridized carbons (Fsp3) is 0.421. The van der Waals surface area contributed by atoms with Crippen LogP contribution in [0.15, 0.2) is 17.5 Å². The van der Waals surface area contributed by atoms with Crippen LogP contribution in [-0.4, -0.2) is 34.9 Å². The summed E-state index contributed by atoms with van der Waals surface area (Å²) >= 11 is 1.28. The molecule has 0 radical (unpaired) electrons. The van der Waals surface area contributed by atoms with Gasteiger partial charge in [-0.2, -0.15) is 0 Å². The highest BCUT2D eigenvalue weighted by Crippen LogP contribution is 2.27. The molecule has 2 aromatic rings. The van der Waals surface area contributed by atoms with Gasteiger partial charge in [0.05, 0.1) is 4.92 Å². The molecule has 0 bridgehead atoms. The minimum absolute atomic E-state index is 0.0597. The Morgan fingerprint density at radius 1 is 1.28 bits per heavy atom. The lowest BCUT2D eigenvalue weighted by atomic mass is 10.1. The fourth-order valence-corrected chi connectivity index (χ4v) is 3.07. The molecular formula is C19H24N4O5S. The van der Waals surface area contributed by atoms with Crippen LogP contribution in [0.4, 0.5) is 16.5 Å². The topological polar surface area (TPSA) is 123 Å². The molecule has 9 nitrogen and oxygen atoms in total.